The summed E-state index contributed by atoms with van der Waals surface area (Å²) >= 11 is 2.98. The molecule has 0 aliphatic rings. The lowest BCUT2D eigenvalue weighted by Gasteiger charge is -1.99. The summed E-state index contributed by atoms with van der Waals surface area (Å²) in [5, 5.41) is 5.15. The van der Waals surface area contributed by atoms with Crippen molar-refractivity contribution in [1.82, 2.24) is 4.98 Å². The Morgan fingerprint density at radius 3 is 2.83 bits per heavy atom. The summed E-state index contributed by atoms with van der Waals surface area (Å²) < 4.78 is 12.7. The largest absolute Gasteiger partial charge is 0.302 e. The van der Waals surface area contributed by atoms with Crippen LogP contribution in [0.15, 0.2) is 34.5 Å². The van der Waals surface area contributed by atoms with Gasteiger partial charge in [0.25, 0.3) is 0 Å². The Kier molecular flexibility index (Phi) is 4.33. The molecule has 1 aromatic heterocycles. The van der Waals surface area contributed by atoms with E-state index in [0.29, 0.717) is 10.9 Å². The van der Waals surface area contributed by atoms with Gasteiger partial charge in [-0.2, -0.15) is 0 Å². The van der Waals surface area contributed by atoms with Crippen molar-refractivity contribution in [2.24, 2.45) is 0 Å². The lowest BCUT2D eigenvalue weighted by molar-refractivity contribution is -0.114. The number of carbonyl (C=O) groups excluding carboxylic acids is 1. The number of halogens is 1. The van der Waals surface area contributed by atoms with Crippen LogP contribution in [0.3, 0.4) is 0 Å². The van der Waals surface area contributed by atoms with Crippen molar-refractivity contribution >= 4 is 34.1 Å². The van der Waals surface area contributed by atoms with Gasteiger partial charge in [-0.3, -0.25) is 4.79 Å². The number of anilines is 1. The molecule has 1 amide bonds. The molecule has 1 heterocycles. The molecule has 0 saturated carbocycles. The van der Waals surface area contributed by atoms with Gasteiger partial charge in [-0.05, 0) is 24.3 Å². The van der Waals surface area contributed by atoms with Crippen molar-refractivity contribution in [2.45, 2.75) is 17.6 Å². The summed E-state index contributed by atoms with van der Waals surface area (Å²) in [6.07, 6.45) is 0. The van der Waals surface area contributed by atoms with E-state index in [1.165, 1.54) is 30.4 Å². The molecule has 6 heteroatoms. The van der Waals surface area contributed by atoms with E-state index in [9.17, 15) is 9.18 Å². The number of thiazole rings is 1. The Morgan fingerprint density at radius 1 is 1.44 bits per heavy atom. The first-order chi connectivity index (χ1) is 8.63. The minimum atomic E-state index is -0.235. The quantitative estimate of drug-likeness (QED) is 0.872. The number of amides is 1. The Bertz CT molecular complexity index is 539. The average Bonchev–Trinajstić information content (AvgIpc) is 2.75. The molecule has 18 heavy (non-hydrogen) atoms. The lowest BCUT2D eigenvalue weighted by atomic mass is 10.4. The smallest absolute Gasteiger partial charge is 0.223 e. The van der Waals surface area contributed by atoms with E-state index >= 15 is 0 Å². The van der Waals surface area contributed by atoms with Crippen LogP contribution in [0.2, 0.25) is 0 Å². The molecule has 2 rings (SSSR count). The molecule has 94 valence electrons. The SMILES string of the molecule is CC(=O)Nc1nc(CSc2ccc(F)cc2)cs1. The number of aromatic nitrogens is 1. The molecule has 2 aromatic rings. The van der Waals surface area contributed by atoms with Gasteiger partial charge in [-0.15, -0.1) is 23.1 Å². The molecule has 0 radical (unpaired) electrons. The molecule has 0 unspecified atom stereocenters. The van der Waals surface area contributed by atoms with Crippen molar-refractivity contribution in [3.8, 4) is 0 Å². The van der Waals surface area contributed by atoms with Crippen LogP contribution in [-0.4, -0.2) is 10.9 Å². The van der Waals surface area contributed by atoms with Crippen molar-refractivity contribution < 1.29 is 9.18 Å². The Balaban J connectivity index is 1.92. The van der Waals surface area contributed by atoms with Gasteiger partial charge in [0.1, 0.15) is 5.82 Å². The molecule has 0 aliphatic carbocycles. The van der Waals surface area contributed by atoms with Gasteiger partial charge >= 0.3 is 0 Å². The lowest BCUT2D eigenvalue weighted by Crippen LogP contribution is -2.05. The molecule has 0 fully saturated rings. The monoisotopic (exact) mass is 282 g/mol. The van der Waals surface area contributed by atoms with Crippen molar-refractivity contribution in [2.75, 3.05) is 5.32 Å². The summed E-state index contributed by atoms with van der Waals surface area (Å²) in [6, 6.07) is 6.35. The van der Waals surface area contributed by atoms with Crippen LogP contribution in [0.25, 0.3) is 0 Å². The number of rotatable bonds is 4. The van der Waals surface area contributed by atoms with Crippen LogP contribution in [0.4, 0.5) is 9.52 Å². The maximum Gasteiger partial charge on any atom is 0.223 e. The summed E-state index contributed by atoms with van der Waals surface area (Å²) in [7, 11) is 0. The summed E-state index contributed by atoms with van der Waals surface area (Å²) in [6.45, 7) is 1.45. The predicted molar refractivity (Wildman–Crippen MR) is 72.4 cm³/mol. The highest BCUT2D eigenvalue weighted by Crippen LogP contribution is 2.25. The van der Waals surface area contributed by atoms with E-state index in [-0.39, 0.29) is 11.7 Å². The zero-order valence-corrected chi connectivity index (χ0v) is 11.3. The van der Waals surface area contributed by atoms with Crippen molar-refractivity contribution in [3.05, 3.63) is 41.2 Å². The predicted octanol–water partition coefficient (Wildman–Crippen LogP) is 3.53. The van der Waals surface area contributed by atoms with Crippen LogP contribution >= 0.6 is 23.1 Å². The number of carbonyl (C=O) groups is 1. The van der Waals surface area contributed by atoms with Crippen LogP contribution < -0.4 is 5.32 Å². The molecule has 0 bridgehead atoms. The maximum absolute atomic E-state index is 12.7. The third-order valence-electron chi connectivity index (χ3n) is 2.04. The molecule has 3 nitrogen and oxygen atoms in total. The fraction of sp³-hybridized carbons (Fsp3) is 0.167. The fourth-order valence-corrected chi connectivity index (χ4v) is 2.92. The van der Waals surface area contributed by atoms with E-state index in [0.717, 1.165) is 10.6 Å². The second kappa shape index (κ2) is 5.97. The first kappa shape index (κ1) is 13.0. The summed E-state index contributed by atoms with van der Waals surface area (Å²) in [5.74, 6) is 0.338. The standard InChI is InChI=1S/C12H11FN2OS2/c1-8(16)14-12-15-10(7-18-12)6-17-11-4-2-9(13)3-5-11/h2-5,7H,6H2,1H3,(H,14,15,16). The summed E-state index contributed by atoms with van der Waals surface area (Å²) in [5.41, 5.74) is 0.901. The third-order valence-corrected chi connectivity index (χ3v) is 3.89. The Labute approximate surface area is 112 Å². The van der Waals surface area contributed by atoms with E-state index in [4.69, 9.17) is 0 Å². The van der Waals surface area contributed by atoms with Crippen LogP contribution in [0, 0.1) is 5.82 Å². The van der Waals surface area contributed by atoms with E-state index in [1.807, 2.05) is 5.38 Å². The molecule has 0 spiro atoms. The number of nitrogens with one attached hydrogen (secondary N) is 1. The first-order valence-electron chi connectivity index (χ1n) is 5.24. The zero-order chi connectivity index (χ0) is 13.0. The van der Waals surface area contributed by atoms with Gasteiger partial charge in [-0.25, -0.2) is 9.37 Å². The first-order valence-corrected chi connectivity index (χ1v) is 7.10. The van der Waals surface area contributed by atoms with Crippen molar-refractivity contribution in [3.63, 3.8) is 0 Å². The molecule has 0 saturated heterocycles. The minimum Gasteiger partial charge on any atom is -0.302 e. The highest BCUT2D eigenvalue weighted by Gasteiger charge is 2.04. The highest BCUT2D eigenvalue weighted by molar-refractivity contribution is 7.98. The van der Waals surface area contributed by atoms with Gasteiger partial charge in [0.2, 0.25) is 5.91 Å². The number of benzene rings is 1. The number of hydrogen-bond donors (Lipinski definition) is 1. The molecule has 0 aliphatic heterocycles. The number of hydrogen-bond acceptors (Lipinski definition) is 4. The molecular formula is C12H11FN2OS2. The Morgan fingerprint density at radius 2 is 2.17 bits per heavy atom. The number of nitrogens with zero attached hydrogens (tertiary/aromatic N) is 1. The van der Waals surface area contributed by atoms with Crippen LogP contribution in [-0.2, 0) is 10.5 Å². The molecule has 1 aromatic carbocycles. The average molecular weight is 282 g/mol. The van der Waals surface area contributed by atoms with Gasteiger partial charge in [0.05, 0.1) is 5.69 Å². The highest BCUT2D eigenvalue weighted by atomic mass is 32.2. The van der Waals surface area contributed by atoms with E-state index < -0.39 is 0 Å². The maximum atomic E-state index is 12.7. The van der Waals surface area contributed by atoms with Gasteiger partial charge in [0.15, 0.2) is 5.13 Å². The molecule has 1 N–H and O–H groups in total. The van der Waals surface area contributed by atoms with Gasteiger partial charge < -0.3 is 5.32 Å². The van der Waals surface area contributed by atoms with E-state index in [1.54, 1.807) is 23.9 Å². The second-order valence-corrected chi connectivity index (χ2v) is 5.47. The topological polar surface area (TPSA) is 42.0 Å². The van der Waals surface area contributed by atoms with Gasteiger partial charge in [0, 0.05) is 23.0 Å². The normalized spacial score (nSPS) is 10.3. The number of thioether (sulfide) groups is 1. The van der Waals surface area contributed by atoms with Crippen LogP contribution in [0.1, 0.15) is 12.6 Å². The van der Waals surface area contributed by atoms with Gasteiger partial charge in [-0.1, -0.05) is 0 Å². The zero-order valence-electron chi connectivity index (χ0n) is 9.64. The fourth-order valence-electron chi connectivity index (χ4n) is 1.27. The van der Waals surface area contributed by atoms with E-state index in [2.05, 4.69) is 10.3 Å². The summed E-state index contributed by atoms with van der Waals surface area (Å²) in [4.78, 5) is 16.1. The second-order valence-electron chi connectivity index (χ2n) is 3.57. The molecular weight excluding hydrogens is 271 g/mol. The molecule has 0 atom stereocenters. The third kappa shape index (κ3) is 3.82. The van der Waals surface area contributed by atoms with Crippen LogP contribution in [0.5, 0.6) is 0 Å². The minimum absolute atomic E-state index is 0.123. The van der Waals surface area contributed by atoms with Crippen molar-refractivity contribution in [1.29, 1.82) is 0 Å². The Hall–Kier alpha value is -1.40.